The highest BCUT2D eigenvalue weighted by atomic mass is 79.9. The smallest absolute Gasteiger partial charge is 0.287 e. The van der Waals surface area contributed by atoms with Crippen LogP contribution in [0.2, 0.25) is 0 Å². The Kier molecular flexibility index (Phi) is 6.47. The highest BCUT2D eigenvalue weighted by molar-refractivity contribution is 5.96. The number of hydrogen-bond donors (Lipinski definition) is 2. The van der Waals surface area contributed by atoms with Gasteiger partial charge in [0.05, 0.1) is 26.3 Å². The van der Waals surface area contributed by atoms with Crippen LogP contribution in [0.4, 0.5) is 5.69 Å². The Morgan fingerprint density at radius 3 is 2.71 bits per heavy atom. The summed E-state index contributed by atoms with van der Waals surface area (Å²) in [4.78, 5) is 25.5. The standard InChI is InChI=1S/C22H25N3O5.BrH/c1-13-6-4-5-7-15(13)24-22(27)19-18-14(8-9-25(19,2)11-17(23)26)10-16-20(21(18)28-3)30-12-29-16;/h4-7,10,19H,8-9,11-12H2,1-3H3,(H2-,23,24,26,27);1H. The molecular weight excluding hydrogens is 466 g/mol. The van der Waals surface area contributed by atoms with E-state index in [0.717, 1.165) is 16.8 Å². The monoisotopic (exact) mass is 491 g/mol. The maximum Gasteiger partial charge on any atom is 0.287 e. The molecule has 2 aliphatic rings. The minimum absolute atomic E-state index is 0. The second kappa shape index (κ2) is 8.76. The van der Waals surface area contributed by atoms with E-state index in [4.69, 9.17) is 19.9 Å². The van der Waals surface area contributed by atoms with Gasteiger partial charge in [0.15, 0.2) is 24.1 Å². The third-order valence-corrected chi connectivity index (χ3v) is 5.90. The van der Waals surface area contributed by atoms with Crippen LogP contribution in [0.15, 0.2) is 30.3 Å². The number of rotatable bonds is 5. The Morgan fingerprint density at radius 1 is 1.29 bits per heavy atom. The van der Waals surface area contributed by atoms with E-state index in [9.17, 15) is 9.59 Å². The van der Waals surface area contributed by atoms with Gasteiger partial charge in [-0.05, 0) is 30.2 Å². The van der Waals surface area contributed by atoms with Crippen molar-refractivity contribution in [3.8, 4) is 17.2 Å². The summed E-state index contributed by atoms with van der Waals surface area (Å²) in [7, 11) is 3.42. The van der Waals surface area contributed by atoms with Gasteiger partial charge < -0.3 is 46.7 Å². The van der Waals surface area contributed by atoms with Gasteiger partial charge in [-0.25, -0.2) is 0 Å². The van der Waals surface area contributed by atoms with Crippen molar-refractivity contribution >= 4 is 17.5 Å². The number of ether oxygens (including phenoxy) is 3. The molecule has 166 valence electrons. The Bertz CT molecular complexity index is 1030. The third-order valence-electron chi connectivity index (χ3n) is 5.90. The van der Waals surface area contributed by atoms with Crippen molar-refractivity contribution in [2.24, 2.45) is 5.73 Å². The zero-order valence-corrected chi connectivity index (χ0v) is 19.3. The largest absolute Gasteiger partial charge is 1.00 e. The molecule has 2 aromatic carbocycles. The lowest BCUT2D eigenvalue weighted by molar-refractivity contribution is -0.924. The van der Waals surface area contributed by atoms with E-state index >= 15 is 0 Å². The molecule has 3 N–H and O–H groups in total. The van der Waals surface area contributed by atoms with E-state index in [1.807, 2.05) is 44.3 Å². The first-order valence-corrected chi connectivity index (χ1v) is 9.82. The maximum absolute atomic E-state index is 13.6. The Labute approximate surface area is 191 Å². The number of aryl methyl sites for hydroxylation is 1. The zero-order chi connectivity index (χ0) is 21.5. The number of hydrogen-bond acceptors (Lipinski definition) is 5. The summed E-state index contributed by atoms with van der Waals surface area (Å²) in [6.45, 7) is 2.64. The predicted molar refractivity (Wildman–Crippen MR) is 110 cm³/mol. The predicted octanol–water partition coefficient (Wildman–Crippen LogP) is -1.10. The molecule has 2 atom stereocenters. The summed E-state index contributed by atoms with van der Waals surface area (Å²) in [6, 6.07) is 8.77. The second-order valence-corrected chi connectivity index (χ2v) is 8.00. The molecule has 2 unspecified atom stereocenters. The summed E-state index contributed by atoms with van der Waals surface area (Å²) >= 11 is 0. The number of fused-ring (bicyclic) bond motifs is 2. The minimum atomic E-state index is -0.703. The molecule has 0 radical (unpaired) electrons. The number of methoxy groups -OCH3 is 1. The molecule has 2 aromatic rings. The molecule has 0 saturated carbocycles. The lowest BCUT2D eigenvalue weighted by Crippen LogP contribution is -3.00. The average molecular weight is 492 g/mol. The summed E-state index contributed by atoms with van der Waals surface area (Å²) in [5, 5.41) is 3.03. The van der Waals surface area contributed by atoms with Crippen LogP contribution in [0.5, 0.6) is 17.2 Å². The van der Waals surface area contributed by atoms with Crippen LogP contribution >= 0.6 is 0 Å². The van der Waals surface area contributed by atoms with Gasteiger partial charge in [-0.3, -0.25) is 9.59 Å². The third kappa shape index (κ3) is 4.07. The summed E-state index contributed by atoms with van der Waals surface area (Å²) < 4.78 is 17.0. The Hall–Kier alpha value is -2.78. The summed E-state index contributed by atoms with van der Waals surface area (Å²) in [5.41, 5.74) is 8.89. The fourth-order valence-corrected chi connectivity index (χ4v) is 4.46. The van der Waals surface area contributed by atoms with E-state index in [0.29, 0.717) is 35.8 Å². The van der Waals surface area contributed by atoms with Crippen LogP contribution < -0.4 is 42.2 Å². The molecule has 0 aliphatic carbocycles. The number of carbonyl (C=O) groups is 2. The fraction of sp³-hybridized carbons (Fsp3) is 0.364. The van der Waals surface area contributed by atoms with E-state index < -0.39 is 11.9 Å². The van der Waals surface area contributed by atoms with Gasteiger partial charge in [-0.1, -0.05) is 18.2 Å². The molecule has 0 aromatic heterocycles. The number of likely N-dealkylation sites (N-methyl/N-ethyl adjacent to an activating group) is 1. The summed E-state index contributed by atoms with van der Waals surface area (Å²) in [6.07, 6.45) is 0.653. The normalized spacial score (nSPS) is 20.9. The van der Waals surface area contributed by atoms with Crippen LogP contribution in [-0.2, 0) is 16.0 Å². The molecule has 0 fully saturated rings. The molecular formula is C22H26BrN3O5. The van der Waals surface area contributed by atoms with Crippen molar-refractivity contribution in [2.75, 3.05) is 39.4 Å². The molecule has 2 heterocycles. The number of para-hydroxylation sites is 1. The number of amides is 2. The number of halogens is 1. The van der Waals surface area contributed by atoms with Gasteiger partial charge in [0.2, 0.25) is 12.5 Å². The van der Waals surface area contributed by atoms with Gasteiger partial charge in [0.25, 0.3) is 11.8 Å². The van der Waals surface area contributed by atoms with Crippen LogP contribution in [0.25, 0.3) is 0 Å². The molecule has 9 heteroatoms. The first kappa shape index (κ1) is 22.9. The van der Waals surface area contributed by atoms with Gasteiger partial charge in [-0.15, -0.1) is 0 Å². The van der Waals surface area contributed by atoms with Gasteiger partial charge in [-0.2, -0.15) is 0 Å². The number of anilines is 1. The lowest BCUT2D eigenvalue weighted by atomic mass is 9.88. The molecule has 0 saturated heterocycles. The molecule has 31 heavy (non-hydrogen) atoms. The highest BCUT2D eigenvalue weighted by Gasteiger charge is 2.48. The SMILES string of the molecule is COc1c2c(cc3c1C(C(=O)Nc1ccccc1C)[N+](C)(CC(N)=O)CC3)OCO2.[Br-]. The molecule has 4 rings (SSSR count). The van der Waals surface area contributed by atoms with Gasteiger partial charge in [0.1, 0.15) is 0 Å². The van der Waals surface area contributed by atoms with E-state index in [-0.39, 0.29) is 40.7 Å². The van der Waals surface area contributed by atoms with Crippen molar-refractivity contribution in [2.45, 2.75) is 19.4 Å². The Morgan fingerprint density at radius 2 is 2.03 bits per heavy atom. The van der Waals surface area contributed by atoms with Crippen molar-refractivity contribution in [1.29, 1.82) is 0 Å². The Balaban J connectivity index is 0.00000272. The minimum Gasteiger partial charge on any atom is -1.00 e. The van der Waals surface area contributed by atoms with Crippen LogP contribution in [-0.4, -0.2) is 50.3 Å². The number of primary amides is 1. The molecule has 8 nitrogen and oxygen atoms in total. The van der Waals surface area contributed by atoms with E-state index in [2.05, 4.69) is 5.32 Å². The molecule has 0 spiro atoms. The van der Waals surface area contributed by atoms with E-state index in [1.165, 1.54) is 0 Å². The van der Waals surface area contributed by atoms with Crippen molar-refractivity contribution in [3.63, 3.8) is 0 Å². The van der Waals surface area contributed by atoms with E-state index in [1.54, 1.807) is 7.11 Å². The fourth-order valence-electron chi connectivity index (χ4n) is 4.46. The number of carbonyl (C=O) groups excluding carboxylic acids is 2. The first-order valence-electron chi connectivity index (χ1n) is 9.82. The molecule has 2 aliphatic heterocycles. The van der Waals surface area contributed by atoms with Gasteiger partial charge >= 0.3 is 0 Å². The highest BCUT2D eigenvalue weighted by Crippen LogP contribution is 2.51. The quantitative estimate of drug-likeness (QED) is 0.517. The number of nitrogens with two attached hydrogens (primary N) is 1. The lowest BCUT2D eigenvalue weighted by Gasteiger charge is -2.44. The van der Waals surface area contributed by atoms with Crippen LogP contribution in [0.1, 0.15) is 22.7 Å². The van der Waals surface area contributed by atoms with Crippen molar-refractivity contribution < 1.29 is 45.3 Å². The molecule has 0 bridgehead atoms. The molecule has 2 amide bonds. The number of nitrogens with zero attached hydrogens (tertiary/aromatic N) is 1. The van der Waals surface area contributed by atoms with Crippen molar-refractivity contribution in [3.05, 3.63) is 47.0 Å². The average Bonchev–Trinajstić information content (AvgIpc) is 3.15. The number of quaternary nitrogens is 1. The number of benzene rings is 2. The zero-order valence-electron chi connectivity index (χ0n) is 17.7. The van der Waals surface area contributed by atoms with Gasteiger partial charge in [0, 0.05) is 12.1 Å². The first-order chi connectivity index (χ1) is 14.3. The summed E-state index contributed by atoms with van der Waals surface area (Å²) in [5.74, 6) is 0.867. The second-order valence-electron chi connectivity index (χ2n) is 8.00. The van der Waals surface area contributed by atoms with Crippen molar-refractivity contribution in [1.82, 2.24) is 0 Å². The topological polar surface area (TPSA) is 99.9 Å². The maximum atomic E-state index is 13.6. The van der Waals surface area contributed by atoms with Crippen LogP contribution in [0.3, 0.4) is 0 Å². The van der Waals surface area contributed by atoms with Crippen LogP contribution in [0, 0.1) is 6.92 Å². The number of nitrogens with one attached hydrogen (secondary N) is 1.